The highest BCUT2D eigenvalue weighted by atomic mass is 35.5. The van der Waals surface area contributed by atoms with E-state index in [9.17, 15) is 5.11 Å². The largest absolute Gasteiger partial charge is 0.387 e. The van der Waals surface area contributed by atoms with Crippen LogP contribution in [0.1, 0.15) is 18.7 Å². The number of hydrogen-bond donors (Lipinski definition) is 1. The molecular formula is C8H8ClN3O. The van der Waals surface area contributed by atoms with Crippen LogP contribution in [0.4, 0.5) is 0 Å². The lowest BCUT2D eigenvalue weighted by molar-refractivity contribution is 0.192. The monoisotopic (exact) mass is 197 g/mol. The molecule has 1 atom stereocenters. The molecule has 2 aromatic rings. The molecule has 1 unspecified atom stereocenters. The molecule has 0 aromatic carbocycles. The van der Waals surface area contributed by atoms with E-state index >= 15 is 0 Å². The Morgan fingerprint density at radius 2 is 2.31 bits per heavy atom. The Bertz CT molecular complexity index is 438. The number of aliphatic hydroxyl groups is 1. The summed E-state index contributed by atoms with van der Waals surface area (Å²) < 4.78 is 1.49. The van der Waals surface area contributed by atoms with Gasteiger partial charge in [-0.25, -0.2) is 9.50 Å². The summed E-state index contributed by atoms with van der Waals surface area (Å²) in [6.07, 6.45) is 0.929. The maximum atomic E-state index is 9.27. The zero-order valence-electron chi connectivity index (χ0n) is 6.98. The fourth-order valence-electron chi connectivity index (χ4n) is 1.08. The van der Waals surface area contributed by atoms with Gasteiger partial charge in [-0.15, -0.1) is 0 Å². The first-order chi connectivity index (χ1) is 6.18. The van der Waals surface area contributed by atoms with Crippen molar-refractivity contribution in [2.75, 3.05) is 0 Å². The number of aromatic nitrogens is 3. The number of imidazole rings is 1. The average Bonchev–Trinajstić information content (AvgIpc) is 2.47. The molecule has 2 rings (SSSR count). The maximum absolute atomic E-state index is 9.27. The molecule has 0 fully saturated rings. The van der Waals surface area contributed by atoms with Gasteiger partial charge >= 0.3 is 0 Å². The first kappa shape index (κ1) is 8.47. The normalized spacial score (nSPS) is 13.5. The van der Waals surface area contributed by atoms with Gasteiger partial charge in [-0.2, -0.15) is 5.10 Å². The first-order valence-corrected chi connectivity index (χ1v) is 4.24. The molecule has 0 amide bonds. The second-order valence-electron chi connectivity index (χ2n) is 2.79. The predicted octanol–water partition coefficient (Wildman–Crippen LogP) is 1.44. The van der Waals surface area contributed by atoms with Crippen molar-refractivity contribution in [3.63, 3.8) is 0 Å². The smallest absolute Gasteiger partial charge is 0.155 e. The quantitative estimate of drug-likeness (QED) is 0.753. The van der Waals surface area contributed by atoms with Gasteiger partial charge in [0.2, 0.25) is 0 Å². The van der Waals surface area contributed by atoms with Crippen molar-refractivity contribution in [1.29, 1.82) is 0 Å². The van der Waals surface area contributed by atoms with E-state index in [-0.39, 0.29) is 0 Å². The number of nitrogens with zero attached hydrogens (tertiary/aromatic N) is 3. The Hall–Kier alpha value is -1.13. The molecule has 68 valence electrons. The van der Waals surface area contributed by atoms with E-state index in [1.807, 2.05) is 0 Å². The average molecular weight is 198 g/mol. The number of hydrogen-bond acceptors (Lipinski definition) is 3. The van der Waals surface area contributed by atoms with Gasteiger partial charge in [0, 0.05) is 0 Å². The third-order valence-corrected chi connectivity index (χ3v) is 2.03. The van der Waals surface area contributed by atoms with Gasteiger partial charge in [-0.3, -0.25) is 0 Å². The summed E-state index contributed by atoms with van der Waals surface area (Å²) in [5, 5.41) is 13.8. The summed E-state index contributed by atoms with van der Waals surface area (Å²) in [6.45, 7) is 1.65. The summed E-state index contributed by atoms with van der Waals surface area (Å²) in [5.41, 5.74) is 1.25. The van der Waals surface area contributed by atoms with Gasteiger partial charge in [-0.05, 0) is 19.1 Å². The second kappa shape index (κ2) is 2.97. The van der Waals surface area contributed by atoms with Crippen LogP contribution in [0.2, 0.25) is 5.15 Å². The third kappa shape index (κ3) is 1.38. The van der Waals surface area contributed by atoms with Crippen molar-refractivity contribution in [2.45, 2.75) is 13.0 Å². The van der Waals surface area contributed by atoms with Crippen LogP contribution >= 0.6 is 11.6 Å². The van der Waals surface area contributed by atoms with Gasteiger partial charge in [0.1, 0.15) is 0 Å². The number of fused-ring (bicyclic) bond motifs is 1. The Labute approximate surface area is 79.8 Å². The molecule has 0 aliphatic rings. The van der Waals surface area contributed by atoms with Crippen LogP contribution in [0.3, 0.4) is 0 Å². The molecule has 13 heavy (non-hydrogen) atoms. The highest BCUT2D eigenvalue weighted by Crippen LogP contribution is 2.13. The van der Waals surface area contributed by atoms with Crippen molar-refractivity contribution in [3.05, 3.63) is 29.2 Å². The Morgan fingerprint density at radius 3 is 3.00 bits per heavy atom. The molecule has 0 saturated carbocycles. The van der Waals surface area contributed by atoms with Gasteiger partial charge in [0.15, 0.2) is 10.8 Å². The Kier molecular flexibility index (Phi) is 1.94. The molecule has 0 aliphatic heterocycles. The van der Waals surface area contributed by atoms with E-state index in [1.54, 1.807) is 19.1 Å². The summed E-state index contributed by atoms with van der Waals surface area (Å²) in [5.74, 6) is 0. The molecule has 1 N–H and O–H groups in total. The summed E-state index contributed by atoms with van der Waals surface area (Å²) >= 11 is 5.81. The Balaban J connectivity index is 2.66. The predicted molar refractivity (Wildman–Crippen MR) is 48.6 cm³/mol. The standard InChI is InChI=1S/C8H8ClN3O/c1-5(13)6-2-3-8-10-4-7(9)12(8)11-6/h2-5,13H,1H3. The van der Waals surface area contributed by atoms with Gasteiger partial charge < -0.3 is 5.11 Å². The molecule has 0 spiro atoms. The fourth-order valence-corrected chi connectivity index (χ4v) is 1.26. The van der Waals surface area contributed by atoms with E-state index in [4.69, 9.17) is 11.6 Å². The molecule has 2 aromatic heterocycles. The van der Waals surface area contributed by atoms with Crippen LogP contribution in [0.15, 0.2) is 18.3 Å². The highest BCUT2D eigenvalue weighted by Gasteiger charge is 2.06. The van der Waals surface area contributed by atoms with Crippen LogP contribution in [-0.4, -0.2) is 19.7 Å². The first-order valence-electron chi connectivity index (χ1n) is 3.87. The minimum atomic E-state index is -0.595. The van der Waals surface area contributed by atoms with E-state index in [0.717, 1.165) is 0 Å². The lowest BCUT2D eigenvalue weighted by Crippen LogP contribution is -2.00. The molecule has 0 bridgehead atoms. The molecular weight excluding hydrogens is 190 g/mol. The van der Waals surface area contributed by atoms with Gasteiger partial charge in [0.25, 0.3) is 0 Å². The second-order valence-corrected chi connectivity index (χ2v) is 3.17. The lowest BCUT2D eigenvalue weighted by atomic mass is 10.3. The van der Waals surface area contributed by atoms with Crippen LogP contribution in [-0.2, 0) is 0 Å². The molecule has 0 radical (unpaired) electrons. The van der Waals surface area contributed by atoms with E-state index in [1.165, 1.54) is 10.7 Å². The van der Waals surface area contributed by atoms with E-state index < -0.39 is 6.10 Å². The summed E-state index contributed by atoms with van der Waals surface area (Å²) in [6, 6.07) is 3.49. The zero-order valence-corrected chi connectivity index (χ0v) is 7.73. The fraction of sp³-hybridized carbons (Fsp3) is 0.250. The molecule has 4 nitrogen and oxygen atoms in total. The molecule has 0 aliphatic carbocycles. The Morgan fingerprint density at radius 1 is 1.54 bits per heavy atom. The van der Waals surface area contributed by atoms with Gasteiger partial charge in [0.05, 0.1) is 18.0 Å². The highest BCUT2D eigenvalue weighted by molar-refractivity contribution is 6.29. The maximum Gasteiger partial charge on any atom is 0.155 e. The lowest BCUT2D eigenvalue weighted by Gasteiger charge is -2.03. The van der Waals surface area contributed by atoms with Crippen LogP contribution in [0.25, 0.3) is 5.65 Å². The molecule has 0 saturated heterocycles. The van der Waals surface area contributed by atoms with Crippen molar-refractivity contribution >= 4 is 17.2 Å². The SMILES string of the molecule is CC(O)c1ccc2ncc(Cl)n2n1. The van der Waals surface area contributed by atoms with Crippen molar-refractivity contribution in [1.82, 2.24) is 14.6 Å². The number of aliphatic hydroxyl groups excluding tert-OH is 1. The van der Waals surface area contributed by atoms with E-state index in [2.05, 4.69) is 10.1 Å². The van der Waals surface area contributed by atoms with Crippen molar-refractivity contribution in [3.8, 4) is 0 Å². The topological polar surface area (TPSA) is 50.4 Å². The third-order valence-electron chi connectivity index (χ3n) is 1.77. The number of halogens is 1. The molecule has 5 heteroatoms. The minimum Gasteiger partial charge on any atom is -0.387 e. The summed E-state index contributed by atoms with van der Waals surface area (Å²) in [7, 11) is 0. The van der Waals surface area contributed by atoms with Gasteiger partial charge in [-0.1, -0.05) is 11.6 Å². The van der Waals surface area contributed by atoms with Crippen molar-refractivity contribution in [2.24, 2.45) is 0 Å². The minimum absolute atomic E-state index is 0.442. The summed E-state index contributed by atoms with van der Waals surface area (Å²) in [4.78, 5) is 4.01. The van der Waals surface area contributed by atoms with Crippen LogP contribution in [0, 0.1) is 0 Å². The number of rotatable bonds is 1. The van der Waals surface area contributed by atoms with Crippen molar-refractivity contribution < 1.29 is 5.11 Å². The zero-order chi connectivity index (χ0) is 9.42. The van der Waals surface area contributed by atoms with E-state index in [0.29, 0.717) is 16.5 Å². The van der Waals surface area contributed by atoms with Crippen LogP contribution < -0.4 is 0 Å². The molecule has 2 heterocycles. The van der Waals surface area contributed by atoms with Crippen LogP contribution in [0.5, 0.6) is 0 Å².